The van der Waals surface area contributed by atoms with Crippen LogP contribution in [0, 0.1) is 83.5 Å². The van der Waals surface area contributed by atoms with Gasteiger partial charge in [-0.2, -0.15) is 8.78 Å². The van der Waals surface area contributed by atoms with Crippen molar-refractivity contribution in [2.75, 3.05) is 60.3 Å². The van der Waals surface area contributed by atoms with Gasteiger partial charge in [-0.3, -0.25) is 52.8 Å². The number of nitrogens with two attached hydrogens (primary N) is 1. The SMILES string of the molecule is CC[C@H](C)[C@@H]([C@@H](CC(=O)N1CCC[C@H]1[C@H](OC)[C@@H](C)C(=O)C[C@@H](Cc1ccccc1)C(=O)NCc1ccc(NC(=O)[C@H](CCCNC(N)=O)CC(=O)[C@@H](NC(=O)CCC(=O)N2CC[C@H](C(=O)Oc3c(F)c(F)c(C)c(F)c3F)C[C@@H]2C)C(C)C)cc1)OC)N(C)C(=O)[C@@H](CC(=O)[C@H](C(C)C)N(C)C)C(C)C. The molecule has 0 aliphatic carbocycles. The summed E-state index contributed by atoms with van der Waals surface area (Å²) in [6, 6.07) is 12.2. The van der Waals surface area contributed by atoms with Gasteiger partial charge in [0.15, 0.2) is 23.2 Å². The number of carbonyl (C=O) groups excluding carboxylic acids is 11. The normalized spacial score (nSPS) is 18.2. The Morgan fingerprint density at radius 2 is 1.30 bits per heavy atom. The van der Waals surface area contributed by atoms with E-state index >= 15 is 0 Å². The first-order chi connectivity index (χ1) is 50.0. The summed E-state index contributed by atoms with van der Waals surface area (Å²) < 4.78 is 74.4. The lowest BCUT2D eigenvalue weighted by atomic mass is 9.83. The molecule has 2 saturated heterocycles. The Bertz CT molecular complexity index is 3470. The van der Waals surface area contributed by atoms with Gasteiger partial charge in [0.25, 0.3) is 0 Å². The van der Waals surface area contributed by atoms with E-state index in [2.05, 4.69) is 21.3 Å². The summed E-state index contributed by atoms with van der Waals surface area (Å²) in [5.41, 5.74) is 6.22. The fourth-order valence-corrected chi connectivity index (χ4v) is 14.9. The van der Waals surface area contributed by atoms with Crippen molar-refractivity contribution in [2.24, 2.45) is 59.0 Å². The molecule has 0 unspecified atom stereocenters. The topological polar surface area (TPSA) is 303 Å². The summed E-state index contributed by atoms with van der Waals surface area (Å²) in [7, 11) is 8.53. The van der Waals surface area contributed by atoms with Crippen LogP contribution < -0.4 is 31.7 Å². The average Bonchev–Trinajstić information content (AvgIpc) is 0.894. The third-order valence-electron chi connectivity index (χ3n) is 21.2. The molecule has 3 aromatic carbocycles. The van der Waals surface area contributed by atoms with E-state index < -0.39 is 142 Å². The van der Waals surface area contributed by atoms with Gasteiger partial charge in [0.05, 0.1) is 48.7 Å². The quantitative estimate of drug-likeness (QED) is 0.0116. The summed E-state index contributed by atoms with van der Waals surface area (Å²) >= 11 is 0. The van der Waals surface area contributed by atoms with E-state index in [1.165, 1.54) is 19.1 Å². The van der Waals surface area contributed by atoms with Crippen LogP contribution in [0.5, 0.6) is 5.75 Å². The van der Waals surface area contributed by atoms with Crippen molar-refractivity contribution in [3.8, 4) is 5.75 Å². The maximum Gasteiger partial charge on any atom is 0.314 e. The number of nitrogens with zero attached hydrogens (tertiary/aromatic N) is 4. The minimum atomic E-state index is -1.85. The third kappa shape index (κ3) is 24.4. The fraction of sp³-hybridized carbons (Fsp3) is 0.633. The number of ketones is 3. The van der Waals surface area contributed by atoms with Gasteiger partial charge < -0.3 is 55.9 Å². The molecular formula is C79H115F4N9O14. The number of amides is 8. The minimum absolute atomic E-state index is 0.00125. The fourth-order valence-electron chi connectivity index (χ4n) is 14.9. The highest BCUT2D eigenvalue weighted by Gasteiger charge is 2.45. The molecule has 8 amide bonds. The van der Waals surface area contributed by atoms with Gasteiger partial charge in [-0.05, 0) is 120 Å². The van der Waals surface area contributed by atoms with Crippen LogP contribution >= 0.6 is 0 Å². The van der Waals surface area contributed by atoms with E-state index in [4.69, 9.17) is 19.9 Å². The Labute approximate surface area is 622 Å². The monoisotopic (exact) mass is 1490 g/mol. The molecular weight excluding hydrogens is 1370 g/mol. The van der Waals surface area contributed by atoms with Crippen LogP contribution in [0.3, 0.4) is 0 Å². The summed E-state index contributed by atoms with van der Waals surface area (Å²) in [6.45, 7) is 20.1. The number of nitrogens with one attached hydrogen (secondary N) is 4. The maximum atomic E-state index is 14.7. The van der Waals surface area contributed by atoms with Crippen LogP contribution in [0.25, 0.3) is 0 Å². The molecule has 106 heavy (non-hydrogen) atoms. The first-order valence-electron chi connectivity index (χ1n) is 37.2. The van der Waals surface area contributed by atoms with Gasteiger partial charge >= 0.3 is 12.0 Å². The molecule has 0 spiro atoms. The largest absolute Gasteiger partial charge is 0.420 e. The molecule has 2 heterocycles. The predicted molar refractivity (Wildman–Crippen MR) is 393 cm³/mol. The molecule has 5 rings (SSSR count). The molecule has 0 saturated carbocycles. The van der Waals surface area contributed by atoms with E-state index in [-0.39, 0.29) is 143 Å². The van der Waals surface area contributed by atoms with Gasteiger partial charge in [0.2, 0.25) is 52.8 Å². The smallest absolute Gasteiger partial charge is 0.314 e. The van der Waals surface area contributed by atoms with Crippen LogP contribution in [0.1, 0.15) is 169 Å². The second-order valence-electron chi connectivity index (χ2n) is 30.1. The average molecular weight is 1490 g/mol. The second kappa shape index (κ2) is 41.8. The number of anilines is 1. The van der Waals surface area contributed by atoms with Crippen molar-refractivity contribution in [3.05, 3.63) is 94.6 Å². The molecule has 23 nitrogen and oxygen atoms in total. The number of hydrogen-bond donors (Lipinski definition) is 5. The summed E-state index contributed by atoms with van der Waals surface area (Å²) in [4.78, 5) is 158. The van der Waals surface area contributed by atoms with Crippen LogP contribution in [0.2, 0.25) is 0 Å². The number of rotatable bonds is 41. The molecule has 0 radical (unpaired) electrons. The number of ether oxygens (including phenoxy) is 3. The number of Topliss-reactive ketones (excluding diaryl/α,β-unsaturated/α-hetero) is 3. The van der Waals surface area contributed by atoms with Crippen LogP contribution in [0.4, 0.5) is 28.0 Å². The number of methoxy groups -OCH3 is 2. The maximum absolute atomic E-state index is 14.7. The molecule has 0 aromatic heterocycles. The van der Waals surface area contributed by atoms with Crippen LogP contribution in [-0.4, -0.2) is 182 Å². The van der Waals surface area contributed by atoms with Crippen molar-refractivity contribution >= 4 is 70.5 Å². The zero-order chi connectivity index (χ0) is 79.1. The number of likely N-dealkylation sites (tertiary alicyclic amines) is 2. The zero-order valence-corrected chi connectivity index (χ0v) is 64.8. The molecule has 6 N–H and O–H groups in total. The van der Waals surface area contributed by atoms with Crippen LogP contribution in [-0.2, 0) is 70.4 Å². The molecule has 2 aliphatic rings. The van der Waals surface area contributed by atoms with E-state index in [1.54, 1.807) is 68.8 Å². The van der Waals surface area contributed by atoms with Crippen LogP contribution in [0.15, 0.2) is 54.6 Å². The number of urea groups is 1. The third-order valence-corrected chi connectivity index (χ3v) is 21.2. The Kier molecular flexibility index (Phi) is 34.9. The number of halogens is 4. The summed E-state index contributed by atoms with van der Waals surface area (Å²) in [6.07, 6.45) is -0.0225. The molecule has 3 aromatic rings. The van der Waals surface area contributed by atoms with Gasteiger partial charge in [0.1, 0.15) is 5.78 Å². The molecule has 13 atom stereocenters. The lowest BCUT2D eigenvalue weighted by Crippen LogP contribution is -2.54. The van der Waals surface area contributed by atoms with Crippen molar-refractivity contribution in [2.45, 2.75) is 215 Å². The van der Waals surface area contributed by atoms with E-state index in [1.807, 2.05) is 90.9 Å². The Balaban J connectivity index is 1.20. The molecule has 588 valence electrons. The van der Waals surface area contributed by atoms with E-state index in [0.29, 0.717) is 37.1 Å². The van der Waals surface area contributed by atoms with Crippen molar-refractivity contribution in [1.82, 2.24) is 35.6 Å². The van der Waals surface area contributed by atoms with Gasteiger partial charge in [-0.15, -0.1) is 0 Å². The molecule has 2 aliphatic heterocycles. The van der Waals surface area contributed by atoms with Gasteiger partial charge in [-0.1, -0.05) is 111 Å². The van der Waals surface area contributed by atoms with Gasteiger partial charge in [0, 0.05) is 121 Å². The Morgan fingerprint density at radius 3 is 1.86 bits per heavy atom. The Morgan fingerprint density at radius 1 is 0.670 bits per heavy atom. The number of likely N-dealkylation sites (N-methyl/N-ethyl adjacent to an activating group) is 2. The van der Waals surface area contributed by atoms with Crippen molar-refractivity contribution < 1.29 is 84.5 Å². The van der Waals surface area contributed by atoms with Crippen molar-refractivity contribution in [3.63, 3.8) is 0 Å². The lowest BCUT2D eigenvalue weighted by Gasteiger charge is -2.41. The highest BCUT2D eigenvalue weighted by Crippen LogP contribution is 2.35. The highest BCUT2D eigenvalue weighted by molar-refractivity contribution is 5.98. The number of carbonyl (C=O) groups is 11. The molecule has 0 bridgehead atoms. The number of esters is 1. The number of primary amides is 1. The highest BCUT2D eigenvalue weighted by atomic mass is 19.2. The first kappa shape index (κ1) is 88.5. The standard InChI is InChI=1S/C79H115F4N9O14/c1-17-47(8)72(90(14)77(101)57(44(2)3)41-61(95)71(46(6)7)89(12)13)62(104-15)42-65(98)92-35-22-26-58(92)73(105-16)49(10)59(93)40-55(38-51-23-19-18-20-24-51)75(99)86-43-52-27-29-56(30-28-52)87-76(100)53(25-21-34-85-79(84)103)39-60(94)70(45(4)5)88-63(96)31-32-64(97)91-36-33-54(37-48(91)9)78(102)106-74-68(82)66(80)50(11)67(81)69(74)83/h18-20,23-24,27-30,44-49,53-55,57-58,62,70-73H,17,21-22,25-26,31-43H2,1-16H3,(H,86,99)(H,87,100)(H,88,96)(H3,84,85,103)/t47-,48-,49-,53+,54-,55+,57-,58-,62+,70-,71-,72-,73+/m0/s1. The summed E-state index contributed by atoms with van der Waals surface area (Å²) in [5.74, 6) is -17.6. The van der Waals surface area contributed by atoms with E-state index in [9.17, 15) is 70.3 Å². The lowest BCUT2D eigenvalue weighted by molar-refractivity contribution is -0.149. The minimum Gasteiger partial charge on any atom is -0.420 e. The Hall–Kier alpha value is -8.17. The predicted octanol–water partition coefficient (Wildman–Crippen LogP) is 9.84. The zero-order valence-electron chi connectivity index (χ0n) is 64.8. The second-order valence-corrected chi connectivity index (χ2v) is 30.1. The molecule has 27 heteroatoms. The van der Waals surface area contributed by atoms with Crippen molar-refractivity contribution in [1.29, 1.82) is 0 Å². The first-order valence-corrected chi connectivity index (χ1v) is 37.2. The van der Waals surface area contributed by atoms with Gasteiger partial charge in [-0.25, -0.2) is 13.6 Å². The molecule has 2 fully saturated rings. The summed E-state index contributed by atoms with van der Waals surface area (Å²) in [5, 5.41) is 11.1. The number of hydrogen-bond acceptors (Lipinski definition) is 15. The van der Waals surface area contributed by atoms with E-state index in [0.717, 1.165) is 12.5 Å². The number of benzene rings is 3. The number of piperidine rings is 1.